The fourth-order valence-electron chi connectivity index (χ4n) is 0.146. The van der Waals surface area contributed by atoms with E-state index in [-0.39, 0.29) is 13.2 Å². The smallest absolute Gasteiger partial charge is 0.511 e. The predicted molar refractivity (Wildman–Crippen MR) is 23.7 cm³/mol. The fraction of sp³-hybridized carbons (Fsp3) is 1.00. The van der Waals surface area contributed by atoms with Gasteiger partial charge in [0.2, 0.25) is 0 Å². The molecule has 0 radical (unpaired) electrons. The first-order valence-corrected chi connectivity index (χ1v) is 3.09. The van der Waals surface area contributed by atoms with Gasteiger partial charge in [-0.1, -0.05) is 0 Å². The van der Waals surface area contributed by atoms with Gasteiger partial charge in [0, 0.05) is 6.54 Å². The monoisotopic (exact) mass is 121 g/mol. The Morgan fingerprint density at radius 2 is 2.43 bits per heavy atom. The minimum absolute atomic E-state index is 0.161. The highest BCUT2D eigenvalue weighted by molar-refractivity contribution is 6.24. The molecule has 5 heteroatoms. The van der Waals surface area contributed by atoms with Crippen LogP contribution in [-0.2, 0) is 8.89 Å². The Hall–Kier alpha value is -0.423. The molecule has 0 atom stereocenters. The van der Waals surface area contributed by atoms with E-state index in [1.807, 2.05) is 0 Å². The van der Waals surface area contributed by atoms with Gasteiger partial charge in [0.05, 0.1) is 6.61 Å². The van der Waals surface area contributed by atoms with Gasteiger partial charge in [-0.3, -0.25) is 4.46 Å². The van der Waals surface area contributed by atoms with Crippen molar-refractivity contribution in [1.29, 1.82) is 0 Å². The van der Waals surface area contributed by atoms with Crippen LogP contribution in [0.2, 0.25) is 0 Å². The maximum atomic E-state index is 9.67. The van der Waals surface area contributed by atoms with Crippen molar-refractivity contribution in [2.75, 3.05) is 13.2 Å². The van der Waals surface area contributed by atoms with Gasteiger partial charge in [0.15, 0.2) is 0 Å². The topological polar surface area (TPSA) is 72.5 Å². The van der Waals surface area contributed by atoms with E-state index in [1.54, 1.807) is 0 Å². The highest BCUT2D eigenvalue weighted by atomic mass is 28.3. The molecule has 0 saturated carbocycles. The standard InChI is InChI=1S/C2H7NO3Si/c3-1-2-6-7(4)5/h4H,1-3H2. The van der Waals surface area contributed by atoms with Crippen LogP contribution in [0.25, 0.3) is 0 Å². The molecule has 0 fully saturated rings. The van der Waals surface area contributed by atoms with Gasteiger partial charge in [0.1, 0.15) is 0 Å². The van der Waals surface area contributed by atoms with E-state index in [0.717, 1.165) is 0 Å². The van der Waals surface area contributed by atoms with Gasteiger partial charge >= 0.3 is 9.17 Å². The van der Waals surface area contributed by atoms with Crippen molar-refractivity contribution in [1.82, 2.24) is 0 Å². The molecule has 0 aliphatic rings. The predicted octanol–water partition coefficient (Wildman–Crippen LogP) is -1.63. The summed E-state index contributed by atoms with van der Waals surface area (Å²) in [5.41, 5.74) is 4.92. The van der Waals surface area contributed by atoms with Crippen LogP contribution in [0, 0.1) is 0 Å². The zero-order valence-electron chi connectivity index (χ0n) is 3.76. The Balaban J connectivity index is 2.82. The van der Waals surface area contributed by atoms with Crippen LogP contribution in [-0.4, -0.2) is 27.1 Å². The molecule has 0 rings (SSSR count). The van der Waals surface area contributed by atoms with Gasteiger partial charge in [-0.2, -0.15) is 0 Å². The molecule has 0 unspecified atom stereocenters. The molecule has 0 aromatic rings. The lowest BCUT2D eigenvalue weighted by Crippen LogP contribution is -2.14. The van der Waals surface area contributed by atoms with Gasteiger partial charge in [0.25, 0.3) is 0 Å². The normalized spacial score (nSPS) is 8.14. The second-order valence-electron chi connectivity index (χ2n) is 0.903. The van der Waals surface area contributed by atoms with Crippen molar-refractivity contribution in [2.45, 2.75) is 0 Å². The van der Waals surface area contributed by atoms with Crippen LogP contribution in [0.5, 0.6) is 0 Å². The average Bonchev–Trinajstić information content (AvgIpc) is 1.61. The summed E-state index contributed by atoms with van der Waals surface area (Å²) in [4.78, 5) is 7.95. The van der Waals surface area contributed by atoms with E-state index >= 15 is 0 Å². The number of nitrogens with two attached hydrogens (primary N) is 1. The second kappa shape index (κ2) is 3.76. The van der Waals surface area contributed by atoms with Crippen molar-refractivity contribution in [2.24, 2.45) is 5.73 Å². The maximum Gasteiger partial charge on any atom is 0.764 e. The lowest BCUT2D eigenvalue weighted by atomic mass is 10.8. The summed E-state index contributed by atoms with van der Waals surface area (Å²) < 4.78 is 13.8. The first-order chi connectivity index (χ1) is 3.27. The lowest BCUT2D eigenvalue weighted by molar-refractivity contribution is 0.230. The summed E-state index contributed by atoms with van der Waals surface area (Å²) in [6.45, 7) is 0.450. The summed E-state index contributed by atoms with van der Waals surface area (Å²) in [6.07, 6.45) is 0. The van der Waals surface area contributed by atoms with E-state index in [0.29, 0.717) is 0 Å². The van der Waals surface area contributed by atoms with Gasteiger partial charge in [-0.15, -0.1) is 0 Å². The Kier molecular flexibility index (Phi) is 3.53. The average molecular weight is 121 g/mol. The van der Waals surface area contributed by atoms with E-state index in [9.17, 15) is 4.46 Å². The molecule has 0 aliphatic carbocycles. The molecule has 0 spiro atoms. The first-order valence-electron chi connectivity index (χ1n) is 1.83. The van der Waals surface area contributed by atoms with Crippen molar-refractivity contribution in [3.8, 4) is 0 Å². The molecular formula is C2H7NO3Si. The molecule has 0 heterocycles. The van der Waals surface area contributed by atoms with E-state index < -0.39 is 9.17 Å². The van der Waals surface area contributed by atoms with Crippen LogP contribution < -0.4 is 5.73 Å². The third-order valence-corrected chi connectivity index (χ3v) is 0.794. The van der Waals surface area contributed by atoms with Crippen molar-refractivity contribution < 1.29 is 13.7 Å². The van der Waals surface area contributed by atoms with E-state index in [4.69, 9.17) is 10.5 Å². The summed E-state index contributed by atoms with van der Waals surface area (Å²) in [7, 11) is -2.73. The Morgan fingerprint density at radius 1 is 1.86 bits per heavy atom. The number of hydrogen-bond acceptors (Lipinski definition) is 3. The van der Waals surface area contributed by atoms with Crippen molar-refractivity contribution in [3.63, 3.8) is 0 Å². The highest BCUT2D eigenvalue weighted by Crippen LogP contribution is 1.63. The van der Waals surface area contributed by atoms with E-state index in [2.05, 4.69) is 4.43 Å². The van der Waals surface area contributed by atoms with Crippen LogP contribution in [0.4, 0.5) is 0 Å². The lowest BCUT2D eigenvalue weighted by Gasteiger charge is -1.91. The largest absolute Gasteiger partial charge is 0.764 e. The van der Waals surface area contributed by atoms with Gasteiger partial charge in [-0.25, -0.2) is 0 Å². The zero-order chi connectivity index (χ0) is 5.70. The van der Waals surface area contributed by atoms with Crippen LogP contribution in [0.3, 0.4) is 0 Å². The molecule has 0 amide bonds. The summed E-state index contributed by atoms with van der Waals surface area (Å²) in [6, 6.07) is 0. The van der Waals surface area contributed by atoms with Gasteiger partial charge in [-0.05, 0) is 0 Å². The molecule has 0 aromatic carbocycles. The Labute approximate surface area is 42.8 Å². The Morgan fingerprint density at radius 3 is 2.57 bits per heavy atom. The van der Waals surface area contributed by atoms with E-state index in [1.165, 1.54) is 0 Å². The minimum atomic E-state index is -2.73. The SMILES string of the molecule is NCCO[Si](=O)O. The molecule has 3 N–H and O–H groups in total. The minimum Gasteiger partial charge on any atom is -0.511 e. The molecule has 4 nitrogen and oxygen atoms in total. The molecule has 0 aromatic heterocycles. The molecular weight excluding hydrogens is 114 g/mol. The van der Waals surface area contributed by atoms with Crippen molar-refractivity contribution in [3.05, 3.63) is 0 Å². The third-order valence-electron chi connectivity index (χ3n) is 0.343. The van der Waals surface area contributed by atoms with Gasteiger partial charge < -0.3 is 15.0 Å². The Bertz CT molecular complexity index is 66.0. The maximum absolute atomic E-state index is 9.67. The van der Waals surface area contributed by atoms with Crippen LogP contribution in [0.1, 0.15) is 0 Å². The highest BCUT2D eigenvalue weighted by Gasteiger charge is 1.99. The number of rotatable bonds is 3. The van der Waals surface area contributed by atoms with Crippen LogP contribution in [0.15, 0.2) is 0 Å². The van der Waals surface area contributed by atoms with Crippen LogP contribution >= 0.6 is 0 Å². The fourth-order valence-corrected chi connectivity index (χ4v) is 0.439. The molecule has 0 bridgehead atoms. The summed E-state index contributed by atoms with van der Waals surface area (Å²) >= 11 is 0. The van der Waals surface area contributed by atoms with Crippen molar-refractivity contribution >= 4 is 9.17 Å². The third kappa shape index (κ3) is 5.58. The summed E-state index contributed by atoms with van der Waals surface area (Å²) in [5.74, 6) is 0. The molecule has 7 heavy (non-hydrogen) atoms. The summed E-state index contributed by atoms with van der Waals surface area (Å²) in [5, 5.41) is 0. The first kappa shape index (κ1) is 6.58. The second-order valence-corrected chi connectivity index (χ2v) is 1.72. The quantitative estimate of drug-likeness (QED) is 0.440. The molecule has 0 aliphatic heterocycles. The number of hydrogen-bond donors (Lipinski definition) is 2. The molecule has 42 valence electrons. The molecule has 0 saturated heterocycles. The zero-order valence-corrected chi connectivity index (χ0v) is 4.76.